The van der Waals surface area contributed by atoms with E-state index < -0.39 is 0 Å². The number of methoxy groups -OCH3 is 3. The number of ether oxygens (including phenoxy) is 4. The molecule has 1 aliphatic heterocycles. The molecule has 0 aliphatic carbocycles. The molecule has 0 saturated carbocycles. The molecule has 0 amide bonds. The van der Waals surface area contributed by atoms with E-state index in [1.165, 1.54) is 0 Å². The summed E-state index contributed by atoms with van der Waals surface area (Å²) < 4.78 is 21.6. The van der Waals surface area contributed by atoms with Crippen LogP contribution in [0.1, 0.15) is 18.4 Å². The summed E-state index contributed by atoms with van der Waals surface area (Å²) in [5.74, 6) is 2.26. The van der Waals surface area contributed by atoms with Crippen LogP contribution >= 0.6 is 0 Å². The van der Waals surface area contributed by atoms with Gasteiger partial charge in [0.1, 0.15) is 17.2 Å². The Morgan fingerprint density at radius 3 is 2.35 bits per heavy atom. The van der Waals surface area contributed by atoms with E-state index in [1.54, 1.807) is 21.3 Å². The molecule has 1 fully saturated rings. The topological polar surface area (TPSA) is 49.0 Å². The number of hydrogen-bond donors (Lipinski definition) is 1. The van der Waals surface area contributed by atoms with Crippen molar-refractivity contribution in [3.63, 3.8) is 0 Å². The summed E-state index contributed by atoms with van der Waals surface area (Å²) in [5.41, 5.74) is 1.00. The predicted molar refractivity (Wildman–Crippen MR) is 76.8 cm³/mol. The first kappa shape index (κ1) is 14.9. The summed E-state index contributed by atoms with van der Waals surface area (Å²) in [4.78, 5) is 0. The van der Waals surface area contributed by atoms with E-state index in [2.05, 4.69) is 5.32 Å². The molecule has 112 valence electrons. The Labute approximate surface area is 120 Å². The van der Waals surface area contributed by atoms with E-state index in [0.29, 0.717) is 12.6 Å². The standard InChI is InChI=1S/C15H23NO4/c1-17-12-7-14(18-2)13(15(8-12)19-3)9-16-11-5-4-6-20-10-11/h7-8,11,16H,4-6,9-10H2,1-3H3. The van der Waals surface area contributed by atoms with Gasteiger partial charge in [-0.05, 0) is 12.8 Å². The molecule has 2 rings (SSSR count). The van der Waals surface area contributed by atoms with Crippen LogP contribution in [0.4, 0.5) is 0 Å². The minimum Gasteiger partial charge on any atom is -0.496 e. The van der Waals surface area contributed by atoms with Gasteiger partial charge in [0.25, 0.3) is 0 Å². The zero-order chi connectivity index (χ0) is 14.4. The minimum atomic E-state index is 0.389. The molecule has 1 saturated heterocycles. The second kappa shape index (κ2) is 7.36. The summed E-state index contributed by atoms with van der Waals surface area (Å²) in [6, 6.07) is 4.13. The fraction of sp³-hybridized carbons (Fsp3) is 0.600. The van der Waals surface area contributed by atoms with Crippen molar-refractivity contribution >= 4 is 0 Å². The summed E-state index contributed by atoms with van der Waals surface area (Å²) in [6.45, 7) is 2.32. The number of rotatable bonds is 6. The predicted octanol–water partition coefficient (Wildman–Crippen LogP) is 1.98. The molecule has 5 heteroatoms. The first-order valence-corrected chi connectivity index (χ1v) is 6.88. The van der Waals surface area contributed by atoms with Crippen molar-refractivity contribution in [2.45, 2.75) is 25.4 Å². The molecule has 0 radical (unpaired) electrons. The molecule has 5 nitrogen and oxygen atoms in total. The van der Waals surface area contributed by atoms with Crippen LogP contribution in [0.25, 0.3) is 0 Å². The van der Waals surface area contributed by atoms with Gasteiger partial charge in [-0.25, -0.2) is 0 Å². The maximum absolute atomic E-state index is 5.48. The third-order valence-corrected chi connectivity index (χ3v) is 3.54. The van der Waals surface area contributed by atoms with E-state index in [1.807, 2.05) is 12.1 Å². The summed E-state index contributed by atoms with van der Waals surface area (Å²) in [5, 5.41) is 3.50. The van der Waals surface area contributed by atoms with Gasteiger partial charge in [0, 0.05) is 31.3 Å². The quantitative estimate of drug-likeness (QED) is 0.864. The Balaban J connectivity index is 2.11. The van der Waals surface area contributed by atoms with Crippen LogP contribution in [0.5, 0.6) is 17.2 Å². The first-order valence-electron chi connectivity index (χ1n) is 6.88. The Kier molecular flexibility index (Phi) is 5.49. The molecule has 1 aromatic rings. The van der Waals surface area contributed by atoms with Gasteiger partial charge in [-0.1, -0.05) is 0 Å². The summed E-state index contributed by atoms with van der Waals surface area (Å²) >= 11 is 0. The monoisotopic (exact) mass is 281 g/mol. The van der Waals surface area contributed by atoms with Gasteiger partial charge < -0.3 is 24.3 Å². The molecular weight excluding hydrogens is 258 g/mol. The number of benzene rings is 1. The van der Waals surface area contributed by atoms with E-state index in [-0.39, 0.29) is 0 Å². The fourth-order valence-corrected chi connectivity index (χ4v) is 2.40. The highest BCUT2D eigenvalue weighted by molar-refractivity contribution is 5.50. The largest absolute Gasteiger partial charge is 0.496 e. The lowest BCUT2D eigenvalue weighted by Crippen LogP contribution is -2.36. The average molecular weight is 281 g/mol. The summed E-state index contributed by atoms with van der Waals surface area (Å²) in [6.07, 6.45) is 2.25. The second-order valence-corrected chi connectivity index (χ2v) is 4.81. The number of nitrogens with one attached hydrogen (secondary N) is 1. The molecule has 1 N–H and O–H groups in total. The Morgan fingerprint density at radius 1 is 1.15 bits per heavy atom. The van der Waals surface area contributed by atoms with Crippen molar-refractivity contribution in [3.8, 4) is 17.2 Å². The Morgan fingerprint density at radius 2 is 1.85 bits per heavy atom. The van der Waals surface area contributed by atoms with Crippen molar-refractivity contribution in [2.24, 2.45) is 0 Å². The van der Waals surface area contributed by atoms with Crippen LogP contribution in [-0.2, 0) is 11.3 Å². The third kappa shape index (κ3) is 3.55. The highest BCUT2D eigenvalue weighted by Crippen LogP contribution is 2.34. The van der Waals surface area contributed by atoms with Crippen LogP contribution in [0.15, 0.2) is 12.1 Å². The zero-order valence-electron chi connectivity index (χ0n) is 12.4. The van der Waals surface area contributed by atoms with Crippen molar-refractivity contribution in [1.82, 2.24) is 5.32 Å². The fourth-order valence-electron chi connectivity index (χ4n) is 2.40. The highest BCUT2D eigenvalue weighted by atomic mass is 16.5. The van der Waals surface area contributed by atoms with Crippen molar-refractivity contribution in [3.05, 3.63) is 17.7 Å². The van der Waals surface area contributed by atoms with Crippen molar-refractivity contribution in [2.75, 3.05) is 34.5 Å². The van der Waals surface area contributed by atoms with Gasteiger partial charge >= 0.3 is 0 Å². The molecule has 1 aromatic carbocycles. The molecule has 0 spiro atoms. The second-order valence-electron chi connectivity index (χ2n) is 4.81. The molecule has 1 unspecified atom stereocenters. The van der Waals surface area contributed by atoms with Crippen molar-refractivity contribution in [1.29, 1.82) is 0 Å². The van der Waals surface area contributed by atoms with Crippen LogP contribution in [0, 0.1) is 0 Å². The van der Waals surface area contributed by atoms with Crippen LogP contribution in [0.3, 0.4) is 0 Å². The first-order chi connectivity index (χ1) is 9.78. The van der Waals surface area contributed by atoms with Gasteiger partial charge in [0.05, 0.1) is 33.5 Å². The molecular formula is C15H23NO4. The lowest BCUT2D eigenvalue weighted by Gasteiger charge is -2.24. The maximum Gasteiger partial charge on any atom is 0.130 e. The maximum atomic E-state index is 5.48. The van der Waals surface area contributed by atoms with Crippen LogP contribution in [-0.4, -0.2) is 40.6 Å². The molecule has 20 heavy (non-hydrogen) atoms. The van der Waals surface area contributed by atoms with Crippen LogP contribution in [0.2, 0.25) is 0 Å². The zero-order valence-corrected chi connectivity index (χ0v) is 12.4. The van der Waals surface area contributed by atoms with Gasteiger partial charge in [-0.3, -0.25) is 0 Å². The molecule has 1 aliphatic rings. The van der Waals surface area contributed by atoms with Gasteiger partial charge in [-0.2, -0.15) is 0 Å². The van der Waals surface area contributed by atoms with Gasteiger partial charge in [0.15, 0.2) is 0 Å². The summed E-state index contributed by atoms with van der Waals surface area (Å²) in [7, 11) is 4.94. The van der Waals surface area contributed by atoms with E-state index in [9.17, 15) is 0 Å². The van der Waals surface area contributed by atoms with E-state index >= 15 is 0 Å². The van der Waals surface area contributed by atoms with Crippen molar-refractivity contribution < 1.29 is 18.9 Å². The third-order valence-electron chi connectivity index (χ3n) is 3.54. The molecule has 1 atom stereocenters. The van der Waals surface area contributed by atoms with E-state index in [0.717, 1.165) is 48.9 Å². The normalized spacial score (nSPS) is 18.6. The number of hydrogen-bond acceptors (Lipinski definition) is 5. The molecule has 0 aromatic heterocycles. The lowest BCUT2D eigenvalue weighted by molar-refractivity contribution is 0.0698. The highest BCUT2D eigenvalue weighted by Gasteiger charge is 2.17. The minimum absolute atomic E-state index is 0.389. The Hall–Kier alpha value is -1.46. The molecule has 0 bridgehead atoms. The van der Waals surface area contributed by atoms with E-state index in [4.69, 9.17) is 18.9 Å². The smallest absolute Gasteiger partial charge is 0.130 e. The van der Waals surface area contributed by atoms with Gasteiger partial charge in [0.2, 0.25) is 0 Å². The average Bonchev–Trinajstić information content (AvgIpc) is 2.52. The van der Waals surface area contributed by atoms with Crippen LogP contribution < -0.4 is 19.5 Å². The SMILES string of the molecule is COc1cc(OC)c(CNC2CCCOC2)c(OC)c1. The molecule has 1 heterocycles. The van der Waals surface area contributed by atoms with Gasteiger partial charge in [-0.15, -0.1) is 0 Å². The Bertz CT molecular complexity index is 405. The lowest BCUT2D eigenvalue weighted by atomic mass is 10.1.